The van der Waals surface area contributed by atoms with E-state index in [0.717, 1.165) is 25.6 Å². The molecule has 0 aliphatic carbocycles. The smallest absolute Gasteiger partial charge is 0.0900 e. The van der Waals surface area contributed by atoms with Gasteiger partial charge >= 0.3 is 0 Å². The van der Waals surface area contributed by atoms with Gasteiger partial charge in [-0.15, -0.1) is 12.4 Å². The molecule has 4 heteroatoms. The van der Waals surface area contributed by atoms with Crippen LogP contribution in [0, 0.1) is 5.92 Å². The molecule has 0 bridgehead atoms. The number of rotatable bonds is 6. The Kier molecular flexibility index (Phi) is 8.56. The van der Waals surface area contributed by atoms with Gasteiger partial charge in [-0.2, -0.15) is 0 Å². The van der Waals surface area contributed by atoms with E-state index in [1.54, 1.807) is 0 Å². The summed E-state index contributed by atoms with van der Waals surface area (Å²) in [7, 11) is 0. The summed E-state index contributed by atoms with van der Waals surface area (Å²) < 4.78 is 5.66. The second-order valence-electron chi connectivity index (χ2n) is 7.51. The minimum absolute atomic E-state index is 0. The van der Waals surface area contributed by atoms with Crippen LogP contribution in [0.1, 0.15) is 39.2 Å². The molecule has 1 aliphatic heterocycles. The number of β-amino-alcohol motifs (C(OH)–C–C–N with tert-alkyl or cyclic N) is 1. The van der Waals surface area contributed by atoms with Gasteiger partial charge in [0.15, 0.2) is 0 Å². The maximum Gasteiger partial charge on any atom is 0.0900 e. The van der Waals surface area contributed by atoms with Gasteiger partial charge in [0.1, 0.15) is 0 Å². The fourth-order valence-electron chi connectivity index (χ4n) is 3.02. The molecule has 1 heterocycles. The molecule has 1 N–H and O–H groups in total. The number of aliphatic hydroxyl groups excluding tert-OH is 1. The van der Waals surface area contributed by atoms with Gasteiger partial charge in [-0.1, -0.05) is 30.3 Å². The van der Waals surface area contributed by atoms with Crippen molar-refractivity contribution >= 4 is 12.4 Å². The van der Waals surface area contributed by atoms with E-state index in [-0.39, 0.29) is 24.1 Å². The normalized spacial score (nSPS) is 18.4. The van der Waals surface area contributed by atoms with Crippen LogP contribution < -0.4 is 0 Å². The number of piperidine rings is 1. The van der Waals surface area contributed by atoms with Crippen molar-refractivity contribution in [3.05, 3.63) is 35.9 Å². The fraction of sp³-hybridized carbons (Fsp3) is 0.684. The van der Waals surface area contributed by atoms with Crippen LogP contribution in [0.4, 0.5) is 0 Å². The van der Waals surface area contributed by atoms with Crippen LogP contribution >= 0.6 is 12.4 Å². The molecule has 0 saturated carbocycles. The Bertz CT molecular complexity index is 425. The summed E-state index contributed by atoms with van der Waals surface area (Å²) in [6.45, 7) is 9.40. The van der Waals surface area contributed by atoms with Crippen LogP contribution in [0.3, 0.4) is 0 Å². The number of benzene rings is 1. The third kappa shape index (κ3) is 8.16. The molecule has 1 saturated heterocycles. The predicted molar refractivity (Wildman–Crippen MR) is 98.3 cm³/mol. The average Bonchev–Trinajstić information content (AvgIpc) is 2.48. The topological polar surface area (TPSA) is 32.7 Å². The molecule has 0 radical (unpaired) electrons. The molecular weight excluding hydrogens is 310 g/mol. The lowest BCUT2D eigenvalue weighted by Crippen LogP contribution is -2.41. The van der Waals surface area contributed by atoms with Crippen molar-refractivity contribution in [2.75, 3.05) is 26.2 Å². The molecule has 23 heavy (non-hydrogen) atoms. The molecule has 1 fully saturated rings. The number of nitrogens with zero attached hydrogens (tertiary/aromatic N) is 1. The highest BCUT2D eigenvalue weighted by molar-refractivity contribution is 5.85. The summed E-state index contributed by atoms with van der Waals surface area (Å²) in [4.78, 5) is 2.37. The molecule has 132 valence electrons. The van der Waals surface area contributed by atoms with Crippen LogP contribution in [0.25, 0.3) is 0 Å². The van der Waals surface area contributed by atoms with Gasteiger partial charge in [0.2, 0.25) is 0 Å². The zero-order valence-corrected chi connectivity index (χ0v) is 15.5. The number of ether oxygens (including phenoxy) is 1. The SMILES string of the molecule is CC(C)(C)OCC(O)CN1CCC(Cc2ccccc2)CC1.Cl. The number of likely N-dealkylation sites (tertiary alicyclic amines) is 1. The largest absolute Gasteiger partial charge is 0.389 e. The van der Waals surface area contributed by atoms with Crippen molar-refractivity contribution in [1.82, 2.24) is 4.90 Å². The minimum atomic E-state index is -0.384. The molecule has 0 spiro atoms. The number of halogens is 1. The first-order chi connectivity index (χ1) is 10.4. The van der Waals surface area contributed by atoms with E-state index in [0.29, 0.717) is 6.61 Å². The lowest BCUT2D eigenvalue weighted by Gasteiger charge is -2.33. The van der Waals surface area contributed by atoms with Crippen molar-refractivity contribution < 1.29 is 9.84 Å². The van der Waals surface area contributed by atoms with E-state index in [9.17, 15) is 5.11 Å². The average molecular weight is 342 g/mol. The molecule has 0 amide bonds. The van der Waals surface area contributed by atoms with Crippen molar-refractivity contribution in [2.24, 2.45) is 5.92 Å². The predicted octanol–water partition coefficient (Wildman–Crippen LogP) is 3.54. The van der Waals surface area contributed by atoms with Crippen LogP contribution in [0.5, 0.6) is 0 Å². The van der Waals surface area contributed by atoms with Crippen molar-refractivity contribution in [3.8, 4) is 0 Å². The van der Waals surface area contributed by atoms with Gasteiger partial charge in [0.05, 0.1) is 18.3 Å². The first kappa shape index (κ1) is 20.4. The van der Waals surface area contributed by atoms with Gasteiger partial charge in [-0.05, 0) is 64.6 Å². The van der Waals surface area contributed by atoms with Gasteiger partial charge < -0.3 is 14.7 Å². The Balaban J connectivity index is 0.00000264. The van der Waals surface area contributed by atoms with E-state index in [1.807, 2.05) is 20.8 Å². The van der Waals surface area contributed by atoms with Crippen molar-refractivity contribution in [2.45, 2.75) is 51.7 Å². The maximum atomic E-state index is 10.1. The molecule has 1 atom stereocenters. The Morgan fingerprint density at radius 3 is 2.35 bits per heavy atom. The van der Waals surface area contributed by atoms with Crippen LogP contribution in [-0.4, -0.2) is 48.0 Å². The van der Waals surface area contributed by atoms with Crippen molar-refractivity contribution in [1.29, 1.82) is 0 Å². The highest BCUT2D eigenvalue weighted by Gasteiger charge is 2.22. The summed E-state index contributed by atoms with van der Waals surface area (Å²) in [6.07, 6.45) is 3.25. The molecule has 1 aliphatic rings. The quantitative estimate of drug-likeness (QED) is 0.859. The highest BCUT2D eigenvalue weighted by atomic mass is 35.5. The summed E-state index contributed by atoms with van der Waals surface area (Å²) in [5.41, 5.74) is 1.27. The van der Waals surface area contributed by atoms with Gasteiger partial charge in [0.25, 0.3) is 0 Å². The molecule has 1 aromatic rings. The first-order valence-electron chi connectivity index (χ1n) is 8.51. The lowest BCUT2D eigenvalue weighted by atomic mass is 9.90. The summed E-state index contributed by atoms with van der Waals surface area (Å²) in [5, 5.41) is 10.1. The molecule has 0 aromatic heterocycles. The van der Waals surface area contributed by atoms with Gasteiger partial charge in [-0.25, -0.2) is 0 Å². The minimum Gasteiger partial charge on any atom is -0.389 e. The molecule has 1 unspecified atom stereocenters. The van der Waals surface area contributed by atoms with E-state index in [2.05, 4.69) is 35.2 Å². The zero-order valence-electron chi connectivity index (χ0n) is 14.7. The second-order valence-corrected chi connectivity index (χ2v) is 7.51. The van der Waals surface area contributed by atoms with E-state index < -0.39 is 0 Å². The maximum absolute atomic E-state index is 10.1. The zero-order chi connectivity index (χ0) is 16.0. The monoisotopic (exact) mass is 341 g/mol. The Hall–Kier alpha value is -0.610. The molecule has 1 aromatic carbocycles. The van der Waals surface area contributed by atoms with E-state index in [4.69, 9.17) is 4.74 Å². The highest BCUT2D eigenvalue weighted by Crippen LogP contribution is 2.21. The van der Waals surface area contributed by atoms with Crippen LogP contribution in [0.2, 0.25) is 0 Å². The van der Waals surface area contributed by atoms with Gasteiger partial charge in [-0.3, -0.25) is 0 Å². The van der Waals surface area contributed by atoms with E-state index in [1.165, 1.54) is 24.8 Å². The standard InChI is InChI=1S/C19H31NO2.ClH/c1-19(2,3)22-15-18(21)14-20-11-9-17(10-12-20)13-16-7-5-4-6-8-16;/h4-8,17-18,21H,9-15H2,1-3H3;1H. The van der Waals surface area contributed by atoms with Crippen LogP contribution in [0.15, 0.2) is 30.3 Å². The Morgan fingerprint density at radius 2 is 1.78 bits per heavy atom. The molecular formula is C19H32ClNO2. The lowest BCUT2D eigenvalue weighted by molar-refractivity contribution is -0.0578. The van der Waals surface area contributed by atoms with Crippen molar-refractivity contribution in [3.63, 3.8) is 0 Å². The Labute approximate surface area is 147 Å². The van der Waals surface area contributed by atoms with E-state index >= 15 is 0 Å². The third-order valence-electron chi connectivity index (χ3n) is 4.25. The fourth-order valence-corrected chi connectivity index (χ4v) is 3.02. The second kappa shape index (κ2) is 9.63. The Morgan fingerprint density at radius 1 is 1.17 bits per heavy atom. The van der Waals surface area contributed by atoms with Crippen LogP contribution in [-0.2, 0) is 11.2 Å². The molecule has 2 rings (SSSR count). The first-order valence-corrected chi connectivity index (χ1v) is 8.51. The number of aliphatic hydroxyl groups is 1. The summed E-state index contributed by atoms with van der Waals surface area (Å²) in [5.74, 6) is 0.779. The molecule has 3 nitrogen and oxygen atoms in total. The number of hydrogen-bond donors (Lipinski definition) is 1. The summed E-state index contributed by atoms with van der Waals surface area (Å²) in [6, 6.07) is 10.8. The number of hydrogen-bond acceptors (Lipinski definition) is 3. The van der Waals surface area contributed by atoms with Gasteiger partial charge in [0, 0.05) is 6.54 Å². The third-order valence-corrected chi connectivity index (χ3v) is 4.25. The summed E-state index contributed by atoms with van der Waals surface area (Å²) >= 11 is 0.